The zero-order valence-electron chi connectivity index (χ0n) is 29.6. The molecule has 4 atom stereocenters. The highest BCUT2D eigenvalue weighted by atomic mass is 35.5. The molecule has 0 bridgehead atoms. The molecule has 3 amide bonds. The normalized spacial score (nSPS) is 17.1. The van der Waals surface area contributed by atoms with E-state index in [0.717, 1.165) is 16.8 Å². The van der Waals surface area contributed by atoms with Crippen LogP contribution >= 0.6 is 43.2 Å². The fraction of sp³-hybridized carbons (Fsp3) is 0.351. The number of aromatic amines is 1. The zero-order valence-corrected chi connectivity index (χ0v) is 32.8. The molecule has 0 saturated heterocycles. The average molecular weight is 819 g/mol. The molecule has 0 saturated carbocycles. The monoisotopic (exact) mass is 817 g/mol. The van der Waals surface area contributed by atoms with Crippen LogP contribution in [0.5, 0.6) is 5.75 Å². The number of halogens is 2. The Hall–Kier alpha value is -4.17. The van der Waals surface area contributed by atoms with Gasteiger partial charge >= 0.3 is 13.9 Å². The number of H-pyrrole nitrogens is 1. The topological polar surface area (TPSA) is 205 Å². The fourth-order valence-corrected chi connectivity index (χ4v) is 7.73. The SMILES string of the molecule is CCC(C)C(NC(=O)C1(NC(=O)C(CCc2ccc(OP(=O)(O)O)cc2)NC(=O)OCc2ccccc2)CCc2[nH]c3c(Cl)cc(Cl)cc3c2C1)C(N)=S. The van der Waals surface area contributed by atoms with Gasteiger partial charge in [0.05, 0.1) is 21.6 Å². The molecule has 17 heteroatoms. The largest absolute Gasteiger partial charge is 0.524 e. The third-order valence-electron chi connectivity index (χ3n) is 9.59. The lowest BCUT2D eigenvalue weighted by Crippen LogP contribution is -2.66. The van der Waals surface area contributed by atoms with Gasteiger partial charge in [-0.1, -0.05) is 98.2 Å². The van der Waals surface area contributed by atoms with Crippen LogP contribution in [0, 0.1) is 5.92 Å². The standard InChI is InChI=1S/C37H42Cl2N5O8PS/c1-3-21(2)31(33(40)54)43-35(46)37(16-15-29-27(19-37)26-17-24(38)18-28(39)32(26)41-29)44-34(45)30(42-36(47)51-20-23-7-5-4-6-8-23)14-11-22-9-12-25(13-10-22)52-53(48,49)50/h4-10,12-13,17-18,21,30-31,41H,3,11,14-16,19-20H2,1-2H3,(H2,40,54)(H,42,47)(H,43,46)(H,44,45)(H2,48,49,50). The Morgan fingerprint density at radius 1 is 1.06 bits per heavy atom. The predicted molar refractivity (Wildman–Crippen MR) is 210 cm³/mol. The third kappa shape index (κ3) is 10.3. The minimum atomic E-state index is -4.76. The molecule has 0 spiro atoms. The Bertz CT molecular complexity index is 2060. The van der Waals surface area contributed by atoms with E-state index >= 15 is 0 Å². The van der Waals surface area contributed by atoms with Gasteiger partial charge in [-0.3, -0.25) is 19.4 Å². The van der Waals surface area contributed by atoms with Crippen molar-refractivity contribution < 1.29 is 38.0 Å². The first-order valence-electron chi connectivity index (χ1n) is 17.3. The highest BCUT2D eigenvalue weighted by Crippen LogP contribution is 2.39. The van der Waals surface area contributed by atoms with Crippen LogP contribution < -0.4 is 26.2 Å². The molecular weight excluding hydrogens is 776 g/mol. The number of carbonyl (C=O) groups is 3. The first kappa shape index (κ1) is 41.0. The van der Waals surface area contributed by atoms with Gasteiger partial charge in [0.1, 0.15) is 23.9 Å². The summed E-state index contributed by atoms with van der Waals surface area (Å²) in [5.74, 6) is -1.27. The third-order valence-corrected chi connectivity index (χ3v) is 10.8. The number of phosphoric ester groups is 1. The van der Waals surface area contributed by atoms with Gasteiger partial charge in [-0.25, -0.2) is 9.36 Å². The smallest absolute Gasteiger partial charge is 0.445 e. The van der Waals surface area contributed by atoms with Crippen molar-refractivity contribution in [1.82, 2.24) is 20.9 Å². The van der Waals surface area contributed by atoms with Crippen LogP contribution in [0.15, 0.2) is 66.7 Å². The van der Waals surface area contributed by atoms with Gasteiger partial charge in [-0.05, 0) is 72.6 Å². The molecule has 0 radical (unpaired) electrons. The number of ether oxygens (including phenoxy) is 1. The van der Waals surface area contributed by atoms with Crippen LogP contribution in [0.3, 0.4) is 0 Å². The van der Waals surface area contributed by atoms with Crippen LogP contribution in [-0.2, 0) is 44.8 Å². The summed E-state index contributed by atoms with van der Waals surface area (Å²) in [5, 5.41) is 10.2. The molecule has 4 aromatic rings. The number of rotatable bonds is 15. The second-order valence-electron chi connectivity index (χ2n) is 13.4. The molecular formula is C37H42Cl2N5O8PS. The Labute approximate surface area is 327 Å². The number of nitrogens with one attached hydrogen (secondary N) is 4. The number of phosphoric acid groups is 1. The van der Waals surface area contributed by atoms with Gasteiger partial charge in [0.25, 0.3) is 0 Å². The highest BCUT2D eigenvalue weighted by molar-refractivity contribution is 7.80. The Kier molecular flexibility index (Phi) is 13.3. The summed E-state index contributed by atoms with van der Waals surface area (Å²) in [6, 6.07) is 16.5. The number of benzene rings is 3. The summed E-state index contributed by atoms with van der Waals surface area (Å²) in [5.41, 5.74) is 8.28. The molecule has 4 unspecified atom stereocenters. The molecule has 5 rings (SSSR count). The van der Waals surface area contributed by atoms with E-state index in [-0.39, 0.29) is 48.9 Å². The summed E-state index contributed by atoms with van der Waals surface area (Å²) in [6.07, 6.45) is 0.754. The van der Waals surface area contributed by atoms with Gasteiger partial charge in [0, 0.05) is 22.5 Å². The second kappa shape index (κ2) is 17.5. The number of hydrogen-bond acceptors (Lipinski definition) is 7. The number of amides is 3. The first-order chi connectivity index (χ1) is 25.6. The molecule has 1 aromatic heterocycles. The number of aromatic nitrogens is 1. The van der Waals surface area contributed by atoms with Gasteiger partial charge < -0.3 is 35.9 Å². The quantitative estimate of drug-likeness (QED) is 0.0548. The van der Waals surface area contributed by atoms with Crippen LogP contribution in [0.25, 0.3) is 10.9 Å². The Morgan fingerprint density at radius 3 is 2.41 bits per heavy atom. The second-order valence-corrected chi connectivity index (χ2v) is 15.9. The maximum atomic E-state index is 14.5. The van der Waals surface area contributed by atoms with E-state index in [0.29, 0.717) is 39.4 Å². The number of aryl methyl sites for hydroxylation is 2. The average Bonchev–Trinajstić information content (AvgIpc) is 3.49. The number of fused-ring (bicyclic) bond motifs is 3. The van der Waals surface area contributed by atoms with E-state index < -0.39 is 43.4 Å². The van der Waals surface area contributed by atoms with Crippen molar-refractivity contribution in [3.63, 3.8) is 0 Å². The lowest BCUT2D eigenvalue weighted by Gasteiger charge is -2.39. The van der Waals surface area contributed by atoms with Gasteiger partial charge in [0.2, 0.25) is 11.8 Å². The highest BCUT2D eigenvalue weighted by Gasteiger charge is 2.46. The molecule has 1 heterocycles. The van der Waals surface area contributed by atoms with E-state index in [1.165, 1.54) is 12.1 Å². The van der Waals surface area contributed by atoms with E-state index in [2.05, 4.69) is 25.5 Å². The predicted octanol–water partition coefficient (Wildman–Crippen LogP) is 6.03. The van der Waals surface area contributed by atoms with Crippen molar-refractivity contribution in [2.24, 2.45) is 11.7 Å². The van der Waals surface area contributed by atoms with Crippen molar-refractivity contribution in [3.05, 3.63) is 99.2 Å². The number of hydrogen-bond donors (Lipinski definition) is 7. The number of thiocarbonyl (C=S) groups is 1. The molecule has 0 fully saturated rings. The molecule has 1 aliphatic carbocycles. The Balaban J connectivity index is 1.45. The van der Waals surface area contributed by atoms with E-state index in [4.69, 9.17) is 55.7 Å². The summed E-state index contributed by atoms with van der Waals surface area (Å²) >= 11 is 18.3. The van der Waals surface area contributed by atoms with E-state index in [1.54, 1.807) is 36.4 Å². The van der Waals surface area contributed by atoms with Crippen molar-refractivity contribution in [2.75, 3.05) is 0 Å². The molecule has 3 aromatic carbocycles. The van der Waals surface area contributed by atoms with Gasteiger partial charge in [0.15, 0.2) is 0 Å². The van der Waals surface area contributed by atoms with Crippen LogP contribution in [0.1, 0.15) is 55.5 Å². The maximum Gasteiger partial charge on any atom is 0.524 e. The van der Waals surface area contributed by atoms with E-state index in [9.17, 15) is 18.9 Å². The van der Waals surface area contributed by atoms with Crippen LogP contribution in [-0.4, -0.2) is 55.3 Å². The molecule has 288 valence electrons. The van der Waals surface area contributed by atoms with Crippen LogP contribution in [0.2, 0.25) is 10.0 Å². The number of alkyl carbamates (subject to hydrolysis) is 1. The van der Waals surface area contributed by atoms with Crippen molar-refractivity contribution in [2.45, 2.75) is 76.6 Å². The molecule has 8 N–H and O–H groups in total. The van der Waals surface area contributed by atoms with Crippen molar-refractivity contribution in [1.29, 1.82) is 0 Å². The van der Waals surface area contributed by atoms with Crippen LogP contribution in [0.4, 0.5) is 4.79 Å². The molecule has 13 nitrogen and oxygen atoms in total. The lowest BCUT2D eigenvalue weighted by atomic mass is 9.78. The minimum Gasteiger partial charge on any atom is -0.445 e. The summed E-state index contributed by atoms with van der Waals surface area (Å²) in [4.78, 5) is 63.9. The number of carbonyl (C=O) groups excluding carboxylic acids is 3. The summed E-state index contributed by atoms with van der Waals surface area (Å²) in [6.45, 7) is 3.83. The van der Waals surface area contributed by atoms with Gasteiger partial charge in [-0.2, -0.15) is 0 Å². The molecule has 1 aliphatic rings. The first-order valence-corrected chi connectivity index (χ1v) is 20.0. The molecule has 54 heavy (non-hydrogen) atoms. The summed E-state index contributed by atoms with van der Waals surface area (Å²) in [7, 11) is -4.76. The van der Waals surface area contributed by atoms with Gasteiger partial charge in [-0.15, -0.1) is 0 Å². The maximum absolute atomic E-state index is 14.5. The number of nitrogens with two attached hydrogens (primary N) is 1. The van der Waals surface area contributed by atoms with Crippen molar-refractivity contribution >= 4 is 77.0 Å². The lowest BCUT2D eigenvalue weighted by molar-refractivity contribution is -0.135. The Morgan fingerprint density at radius 2 is 1.76 bits per heavy atom. The fourth-order valence-electron chi connectivity index (χ4n) is 6.50. The van der Waals surface area contributed by atoms with Crippen molar-refractivity contribution in [3.8, 4) is 5.75 Å². The minimum absolute atomic E-state index is 0.0406. The summed E-state index contributed by atoms with van der Waals surface area (Å²) < 4.78 is 21.4. The van der Waals surface area contributed by atoms with E-state index in [1.807, 2.05) is 32.0 Å². The molecule has 0 aliphatic heterocycles. The zero-order chi connectivity index (χ0) is 39.2.